The number of benzene rings is 2. The first-order chi connectivity index (χ1) is 11.9. The van der Waals surface area contributed by atoms with E-state index in [1.54, 1.807) is 30.3 Å². The maximum absolute atomic E-state index is 12.1. The Morgan fingerprint density at radius 3 is 2.52 bits per heavy atom. The molecule has 3 aromatic rings. The number of anilines is 1. The molecule has 0 unspecified atom stereocenters. The van der Waals surface area contributed by atoms with E-state index in [0.717, 1.165) is 5.69 Å². The summed E-state index contributed by atoms with van der Waals surface area (Å²) in [4.78, 5) is 16.5. The molecule has 0 atom stereocenters. The fourth-order valence-electron chi connectivity index (χ4n) is 2.30. The van der Waals surface area contributed by atoms with E-state index in [-0.39, 0.29) is 12.5 Å². The van der Waals surface area contributed by atoms with E-state index >= 15 is 0 Å². The lowest BCUT2D eigenvalue weighted by Gasteiger charge is -2.12. The first kappa shape index (κ1) is 17.8. The van der Waals surface area contributed by atoms with Crippen LogP contribution in [0, 0.1) is 6.92 Å². The maximum atomic E-state index is 12.1. The van der Waals surface area contributed by atoms with Gasteiger partial charge in [-0.3, -0.25) is 4.79 Å². The highest BCUT2D eigenvalue weighted by molar-refractivity contribution is 6.39. The van der Waals surface area contributed by atoms with Crippen LogP contribution in [0.1, 0.15) is 5.69 Å². The highest BCUT2D eigenvalue weighted by Gasteiger charge is 2.14. The number of hydrogen-bond acceptors (Lipinski definition) is 3. The molecule has 0 aliphatic rings. The van der Waals surface area contributed by atoms with Gasteiger partial charge in [-0.15, -0.1) is 0 Å². The standard InChI is InChI=1S/C18H13Cl3N2O2/c1-10-2-7-13-14(20)8-15(21)18(17(13)22-10)25-9-16(24)23-12-5-3-11(19)4-6-12/h2-8H,9H2,1H3,(H,23,24). The molecule has 3 rings (SSSR count). The van der Waals surface area contributed by atoms with E-state index in [1.807, 2.05) is 19.1 Å². The number of aromatic nitrogens is 1. The number of carbonyl (C=O) groups is 1. The third-order valence-electron chi connectivity index (χ3n) is 3.45. The van der Waals surface area contributed by atoms with Crippen molar-refractivity contribution in [3.8, 4) is 5.75 Å². The zero-order chi connectivity index (χ0) is 18.0. The Balaban J connectivity index is 1.79. The molecular formula is C18H13Cl3N2O2. The van der Waals surface area contributed by atoms with Gasteiger partial charge in [0.15, 0.2) is 12.4 Å². The molecule has 1 amide bonds. The molecule has 0 saturated heterocycles. The molecule has 0 aliphatic heterocycles. The van der Waals surface area contributed by atoms with Crippen molar-refractivity contribution in [1.29, 1.82) is 0 Å². The van der Waals surface area contributed by atoms with Crippen LogP contribution in [-0.4, -0.2) is 17.5 Å². The molecular weight excluding hydrogens is 383 g/mol. The molecule has 7 heteroatoms. The quantitative estimate of drug-likeness (QED) is 0.632. The van der Waals surface area contributed by atoms with E-state index in [9.17, 15) is 4.79 Å². The summed E-state index contributed by atoms with van der Waals surface area (Å²) in [5.41, 5.74) is 1.94. The molecule has 4 nitrogen and oxygen atoms in total. The lowest BCUT2D eigenvalue weighted by Crippen LogP contribution is -2.20. The Hall–Kier alpha value is -2.01. The predicted octanol–water partition coefficient (Wildman–Crippen LogP) is 5.52. The number of carbonyl (C=O) groups excluding carboxylic acids is 1. The van der Waals surface area contributed by atoms with Crippen molar-refractivity contribution < 1.29 is 9.53 Å². The Morgan fingerprint density at radius 2 is 1.80 bits per heavy atom. The molecule has 1 N–H and O–H groups in total. The molecule has 0 spiro atoms. The molecule has 0 bridgehead atoms. The molecule has 1 heterocycles. The van der Waals surface area contributed by atoms with Gasteiger partial charge in [-0.25, -0.2) is 4.98 Å². The zero-order valence-corrected chi connectivity index (χ0v) is 15.4. The van der Waals surface area contributed by atoms with Crippen molar-refractivity contribution >= 4 is 57.3 Å². The Kier molecular flexibility index (Phi) is 5.33. The minimum Gasteiger partial charge on any atom is -0.480 e. The average molecular weight is 396 g/mol. The van der Waals surface area contributed by atoms with Crippen LogP contribution in [0.25, 0.3) is 10.9 Å². The highest BCUT2D eigenvalue weighted by atomic mass is 35.5. The minimum atomic E-state index is -0.325. The number of rotatable bonds is 4. The molecule has 2 aromatic carbocycles. The average Bonchev–Trinajstić information content (AvgIpc) is 2.56. The number of hydrogen-bond donors (Lipinski definition) is 1. The van der Waals surface area contributed by atoms with Crippen LogP contribution in [0.2, 0.25) is 15.1 Å². The summed E-state index contributed by atoms with van der Waals surface area (Å²) in [5.74, 6) is 0.00478. The lowest BCUT2D eigenvalue weighted by molar-refractivity contribution is -0.118. The summed E-state index contributed by atoms with van der Waals surface area (Å²) < 4.78 is 5.63. The second-order valence-corrected chi connectivity index (χ2v) is 6.61. The number of pyridine rings is 1. The van der Waals surface area contributed by atoms with Gasteiger partial charge in [-0.2, -0.15) is 0 Å². The van der Waals surface area contributed by atoms with Gasteiger partial charge < -0.3 is 10.1 Å². The Labute approximate surface area is 159 Å². The zero-order valence-electron chi connectivity index (χ0n) is 13.1. The predicted molar refractivity (Wildman–Crippen MR) is 102 cm³/mol. The van der Waals surface area contributed by atoms with E-state index in [2.05, 4.69) is 10.3 Å². The number of fused-ring (bicyclic) bond motifs is 1. The Bertz CT molecular complexity index is 943. The van der Waals surface area contributed by atoms with Gasteiger partial charge in [0.2, 0.25) is 0 Å². The summed E-state index contributed by atoms with van der Waals surface area (Å²) in [6.45, 7) is 1.64. The number of amides is 1. The van der Waals surface area contributed by atoms with Crippen LogP contribution in [0.3, 0.4) is 0 Å². The third kappa shape index (κ3) is 4.15. The minimum absolute atomic E-state index is 0.214. The van der Waals surface area contributed by atoms with Crippen molar-refractivity contribution in [2.75, 3.05) is 11.9 Å². The summed E-state index contributed by atoms with van der Waals surface area (Å²) in [7, 11) is 0. The van der Waals surface area contributed by atoms with Crippen LogP contribution < -0.4 is 10.1 Å². The van der Waals surface area contributed by atoms with Gasteiger partial charge in [-0.1, -0.05) is 34.8 Å². The topological polar surface area (TPSA) is 51.2 Å². The van der Waals surface area contributed by atoms with E-state index < -0.39 is 0 Å². The van der Waals surface area contributed by atoms with Crippen molar-refractivity contribution in [2.45, 2.75) is 6.92 Å². The van der Waals surface area contributed by atoms with Crippen molar-refractivity contribution in [1.82, 2.24) is 4.98 Å². The van der Waals surface area contributed by atoms with E-state index in [0.29, 0.717) is 37.4 Å². The van der Waals surface area contributed by atoms with Crippen molar-refractivity contribution in [3.63, 3.8) is 0 Å². The van der Waals surface area contributed by atoms with Gasteiger partial charge in [0.05, 0.1) is 10.0 Å². The fourth-order valence-corrected chi connectivity index (χ4v) is 2.99. The van der Waals surface area contributed by atoms with Crippen molar-refractivity contribution in [3.05, 3.63) is 63.2 Å². The molecule has 25 heavy (non-hydrogen) atoms. The first-order valence-electron chi connectivity index (χ1n) is 7.37. The highest BCUT2D eigenvalue weighted by Crippen LogP contribution is 2.37. The first-order valence-corrected chi connectivity index (χ1v) is 8.51. The van der Waals surface area contributed by atoms with Crippen LogP contribution in [0.4, 0.5) is 5.69 Å². The number of aryl methyl sites for hydroxylation is 1. The van der Waals surface area contributed by atoms with Crippen LogP contribution in [0.5, 0.6) is 5.75 Å². The van der Waals surface area contributed by atoms with E-state index in [1.165, 1.54) is 0 Å². The van der Waals surface area contributed by atoms with Gasteiger partial charge in [0.25, 0.3) is 5.91 Å². The largest absolute Gasteiger partial charge is 0.480 e. The van der Waals surface area contributed by atoms with Crippen molar-refractivity contribution in [2.24, 2.45) is 0 Å². The molecule has 0 saturated carbocycles. The third-order valence-corrected chi connectivity index (χ3v) is 4.30. The molecule has 0 radical (unpaired) electrons. The van der Waals surface area contributed by atoms with Gasteiger partial charge in [-0.05, 0) is 49.4 Å². The molecule has 0 fully saturated rings. The second-order valence-electron chi connectivity index (χ2n) is 5.36. The maximum Gasteiger partial charge on any atom is 0.262 e. The van der Waals surface area contributed by atoms with Crippen LogP contribution >= 0.6 is 34.8 Å². The normalized spacial score (nSPS) is 10.7. The monoisotopic (exact) mass is 394 g/mol. The summed E-state index contributed by atoms with van der Waals surface area (Å²) >= 11 is 18.2. The molecule has 1 aromatic heterocycles. The molecule has 0 aliphatic carbocycles. The summed E-state index contributed by atoms with van der Waals surface area (Å²) in [6, 6.07) is 12.1. The SMILES string of the molecule is Cc1ccc2c(Cl)cc(Cl)c(OCC(=O)Nc3ccc(Cl)cc3)c2n1. The smallest absolute Gasteiger partial charge is 0.262 e. The number of nitrogens with zero attached hydrogens (tertiary/aromatic N) is 1. The second kappa shape index (κ2) is 7.48. The number of nitrogens with one attached hydrogen (secondary N) is 1. The number of ether oxygens (including phenoxy) is 1. The lowest BCUT2D eigenvalue weighted by atomic mass is 10.2. The van der Waals surface area contributed by atoms with Gasteiger partial charge in [0.1, 0.15) is 5.52 Å². The van der Waals surface area contributed by atoms with Crippen LogP contribution in [-0.2, 0) is 4.79 Å². The summed E-state index contributed by atoms with van der Waals surface area (Å²) in [5, 5.41) is 4.80. The van der Waals surface area contributed by atoms with Gasteiger partial charge in [0, 0.05) is 21.8 Å². The number of halogens is 3. The molecule has 128 valence electrons. The van der Waals surface area contributed by atoms with E-state index in [4.69, 9.17) is 39.5 Å². The summed E-state index contributed by atoms with van der Waals surface area (Å²) in [6.07, 6.45) is 0. The Morgan fingerprint density at radius 1 is 1.08 bits per heavy atom. The van der Waals surface area contributed by atoms with Crippen LogP contribution in [0.15, 0.2) is 42.5 Å². The fraction of sp³-hybridized carbons (Fsp3) is 0.111. The van der Waals surface area contributed by atoms with Gasteiger partial charge >= 0.3 is 0 Å².